The minimum Gasteiger partial charge on any atom is -0.329 e. The Kier molecular flexibility index (Phi) is 8.08. The molecule has 1 aromatic carbocycles. The fourth-order valence-corrected chi connectivity index (χ4v) is 2.42. The van der Waals surface area contributed by atoms with Crippen LogP contribution in [0.25, 0.3) is 0 Å². The molecule has 0 aliphatic heterocycles. The third kappa shape index (κ3) is 7.86. The first kappa shape index (κ1) is 22.0. The highest BCUT2D eigenvalue weighted by Gasteiger charge is 2.28. The molecule has 0 unspecified atom stereocenters. The number of amides is 3. The number of benzene rings is 1. The number of imide groups is 1. The summed E-state index contributed by atoms with van der Waals surface area (Å²) >= 11 is 0. The van der Waals surface area contributed by atoms with Crippen LogP contribution in [0.4, 0.5) is 18.0 Å². The molecular formula is C18H26F3N3O2. The molecule has 0 radical (unpaired) electrons. The average molecular weight is 373 g/mol. The lowest BCUT2D eigenvalue weighted by Crippen LogP contribution is -2.46. The van der Waals surface area contributed by atoms with Gasteiger partial charge in [0.05, 0.1) is 6.54 Å². The van der Waals surface area contributed by atoms with Crippen molar-refractivity contribution in [3.8, 4) is 0 Å². The van der Waals surface area contributed by atoms with Gasteiger partial charge >= 0.3 is 12.2 Å². The van der Waals surface area contributed by atoms with Gasteiger partial charge in [-0.05, 0) is 23.0 Å². The Balaban J connectivity index is 2.57. The van der Waals surface area contributed by atoms with Crippen LogP contribution < -0.4 is 16.0 Å². The zero-order chi connectivity index (χ0) is 19.9. The van der Waals surface area contributed by atoms with Gasteiger partial charge in [-0.3, -0.25) is 10.1 Å². The summed E-state index contributed by atoms with van der Waals surface area (Å²) in [6.07, 6.45) is -4.52. The molecule has 0 heterocycles. The topological polar surface area (TPSA) is 70.2 Å². The Morgan fingerprint density at radius 2 is 1.54 bits per heavy atom. The van der Waals surface area contributed by atoms with Crippen molar-refractivity contribution < 1.29 is 22.8 Å². The number of carbonyl (C=O) groups excluding carboxylic acids is 2. The molecule has 0 saturated carbocycles. The van der Waals surface area contributed by atoms with Gasteiger partial charge in [-0.1, -0.05) is 52.0 Å². The fraction of sp³-hybridized carbons (Fsp3) is 0.556. The molecule has 0 spiro atoms. The number of carbonyl (C=O) groups is 2. The average Bonchev–Trinajstić information content (AvgIpc) is 2.52. The molecule has 0 aliphatic carbocycles. The summed E-state index contributed by atoms with van der Waals surface area (Å²) in [6, 6.07) is 6.74. The zero-order valence-electron chi connectivity index (χ0n) is 15.4. The van der Waals surface area contributed by atoms with Crippen LogP contribution in [0.5, 0.6) is 0 Å². The Bertz CT molecular complexity index is 599. The van der Waals surface area contributed by atoms with Crippen molar-refractivity contribution >= 4 is 11.9 Å². The van der Waals surface area contributed by atoms with E-state index in [0.29, 0.717) is 5.92 Å². The second-order valence-corrected chi connectivity index (χ2v) is 6.77. The molecule has 0 aliphatic rings. The summed E-state index contributed by atoms with van der Waals surface area (Å²) in [4.78, 5) is 23.0. The van der Waals surface area contributed by atoms with Crippen molar-refractivity contribution in [2.24, 2.45) is 5.92 Å². The maximum Gasteiger partial charge on any atom is 0.405 e. The highest BCUT2D eigenvalue weighted by Crippen LogP contribution is 2.23. The highest BCUT2D eigenvalue weighted by atomic mass is 19.4. The van der Waals surface area contributed by atoms with Crippen LogP contribution in [0.15, 0.2) is 24.3 Å². The van der Waals surface area contributed by atoms with E-state index in [4.69, 9.17) is 0 Å². The van der Waals surface area contributed by atoms with Gasteiger partial charge in [-0.25, -0.2) is 4.79 Å². The van der Waals surface area contributed by atoms with Crippen LogP contribution in [-0.4, -0.2) is 31.2 Å². The van der Waals surface area contributed by atoms with E-state index in [-0.39, 0.29) is 18.5 Å². The number of hydrogen-bond donors (Lipinski definition) is 3. The van der Waals surface area contributed by atoms with E-state index in [0.717, 1.165) is 5.56 Å². The molecule has 0 bridgehead atoms. The van der Waals surface area contributed by atoms with Crippen molar-refractivity contribution in [1.29, 1.82) is 0 Å². The van der Waals surface area contributed by atoms with Gasteiger partial charge < -0.3 is 10.6 Å². The molecule has 1 aromatic rings. The minimum atomic E-state index is -4.52. The summed E-state index contributed by atoms with van der Waals surface area (Å²) in [6.45, 7) is 6.50. The predicted molar refractivity (Wildman–Crippen MR) is 93.7 cm³/mol. The summed E-state index contributed by atoms with van der Waals surface area (Å²) in [5.74, 6) is -0.114. The second kappa shape index (κ2) is 9.56. The fourth-order valence-electron chi connectivity index (χ4n) is 2.42. The first-order valence-electron chi connectivity index (χ1n) is 8.47. The van der Waals surface area contributed by atoms with E-state index in [9.17, 15) is 22.8 Å². The molecule has 0 fully saturated rings. The van der Waals surface area contributed by atoms with E-state index < -0.39 is 24.7 Å². The van der Waals surface area contributed by atoms with Crippen LogP contribution >= 0.6 is 0 Å². The van der Waals surface area contributed by atoms with Crippen LogP contribution in [0.2, 0.25) is 0 Å². The molecule has 3 amide bonds. The Morgan fingerprint density at radius 3 is 2.00 bits per heavy atom. The number of halogens is 3. The molecule has 3 N–H and O–H groups in total. The monoisotopic (exact) mass is 373 g/mol. The van der Waals surface area contributed by atoms with E-state index in [2.05, 4.69) is 19.2 Å². The number of rotatable bonds is 7. The highest BCUT2D eigenvalue weighted by molar-refractivity contribution is 5.95. The Hall–Kier alpha value is -2.09. The molecule has 0 aromatic heterocycles. The van der Waals surface area contributed by atoms with Gasteiger partial charge in [-0.15, -0.1) is 0 Å². The van der Waals surface area contributed by atoms with Crippen molar-refractivity contribution in [1.82, 2.24) is 16.0 Å². The first-order chi connectivity index (χ1) is 12.0. The molecule has 1 rings (SSSR count). The number of nitrogens with one attached hydrogen (secondary N) is 3. The van der Waals surface area contributed by atoms with Gasteiger partial charge in [0.2, 0.25) is 5.91 Å². The molecule has 26 heavy (non-hydrogen) atoms. The summed E-state index contributed by atoms with van der Waals surface area (Å²) in [5.41, 5.74) is 2.20. The lowest BCUT2D eigenvalue weighted by Gasteiger charge is -2.23. The van der Waals surface area contributed by atoms with Crippen LogP contribution in [0, 0.1) is 5.92 Å². The van der Waals surface area contributed by atoms with Crippen LogP contribution in [-0.2, 0) is 4.79 Å². The quantitative estimate of drug-likeness (QED) is 0.685. The van der Waals surface area contributed by atoms with E-state index in [1.165, 1.54) is 5.56 Å². The van der Waals surface area contributed by atoms with Crippen molar-refractivity contribution in [2.45, 2.75) is 45.8 Å². The number of urea groups is 1. The molecule has 8 heteroatoms. The van der Waals surface area contributed by atoms with E-state index >= 15 is 0 Å². The largest absolute Gasteiger partial charge is 0.405 e. The minimum absolute atomic E-state index is 0.125. The van der Waals surface area contributed by atoms with Crippen molar-refractivity contribution in [2.75, 3.05) is 13.1 Å². The summed E-state index contributed by atoms with van der Waals surface area (Å²) in [7, 11) is 0. The first-order valence-corrected chi connectivity index (χ1v) is 8.47. The molecule has 5 nitrogen and oxygen atoms in total. The molecule has 0 saturated heterocycles. The van der Waals surface area contributed by atoms with E-state index in [1.807, 2.05) is 43.4 Å². The lowest BCUT2D eigenvalue weighted by molar-refractivity contribution is -0.124. The maximum atomic E-state index is 12.0. The third-order valence-electron chi connectivity index (χ3n) is 3.81. The SMILES string of the molecule is CC(C)c1ccc([C@H](NCC(=O)NC(=O)NCC(F)(F)F)C(C)C)cc1. The van der Waals surface area contributed by atoms with Crippen LogP contribution in [0.1, 0.15) is 50.8 Å². The van der Waals surface area contributed by atoms with Gasteiger partial charge in [0.25, 0.3) is 0 Å². The van der Waals surface area contributed by atoms with Gasteiger partial charge in [-0.2, -0.15) is 13.2 Å². The number of hydrogen-bond acceptors (Lipinski definition) is 3. The second-order valence-electron chi connectivity index (χ2n) is 6.77. The smallest absolute Gasteiger partial charge is 0.329 e. The lowest BCUT2D eigenvalue weighted by atomic mass is 9.93. The molecular weight excluding hydrogens is 347 g/mol. The maximum absolute atomic E-state index is 12.0. The number of alkyl halides is 3. The van der Waals surface area contributed by atoms with Gasteiger partial charge in [0, 0.05) is 6.04 Å². The van der Waals surface area contributed by atoms with Crippen LogP contribution in [0.3, 0.4) is 0 Å². The molecule has 146 valence electrons. The standard InChI is InChI=1S/C18H26F3N3O2/c1-11(2)13-5-7-14(8-6-13)16(12(3)4)22-9-15(25)24-17(26)23-10-18(19,20)21/h5-8,11-12,16,22H,9-10H2,1-4H3,(H2,23,24,25,26)/t16-/m1/s1. The van der Waals surface area contributed by atoms with Crippen molar-refractivity contribution in [3.05, 3.63) is 35.4 Å². The Labute approximate surface area is 151 Å². The van der Waals surface area contributed by atoms with Gasteiger partial charge in [0.1, 0.15) is 6.54 Å². The summed E-state index contributed by atoms with van der Waals surface area (Å²) in [5, 5.41) is 6.51. The van der Waals surface area contributed by atoms with Gasteiger partial charge in [0.15, 0.2) is 0 Å². The zero-order valence-corrected chi connectivity index (χ0v) is 15.4. The third-order valence-corrected chi connectivity index (χ3v) is 3.81. The summed E-state index contributed by atoms with van der Waals surface area (Å²) < 4.78 is 36.1. The normalized spacial score (nSPS) is 13.0. The Morgan fingerprint density at radius 1 is 1.00 bits per heavy atom. The molecule has 1 atom stereocenters. The van der Waals surface area contributed by atoms with Crippen molar-refractivity contribution in [3.63, 3.8) is 0 Å². The van der Waals surface area contributed by atoms with E-state index in [1.54, 1.807) is 5.32 Å². The predicted octanol–water partition coefficient (Wildman–Crippen LogP) is 3.48.